The molecular formula is C13H16BrN3O. The highest BCUT2D eigenvalue weighted by molar-refractivity contribution is 9.10. The van der Waals surface area contributed by atoms with Crippen LogP contribution in [0.1, 0.15) is 24.2 Å². The maximum atomic E-state index is 5.92. The molecule has 2 rings (SSSR count). The van der Waals surface area contributed by atoms with E-state index in [4.69, 9.17) is 10.5 Å². The number of hydrogen-bond donors (Lipinski definition) is 1. The highest BCUT2D eigenvalue weighted by Crippen LogP contribution is 2.28. The van der Waals surface area contributed by atoms with Crippen molar-refractivity contribution < 1.29 is 4.74 Å². The molecule has 0 spiro atoms. The van der Waals surface area contributed by atoms with Gasteiger partial charge in [0.15, 0.2) is 0 Å². The van der Waals surface area contributed by atoms with Crippen molar-refractivity contribution in [2.45, 2.75) is 19.6 Å². The summed E-state index contributed by atoms with van der Waals surface area (Å²) in [7, 11) is 1.88. The molecule has 0 amide bonds. The standard InChI is InChI=1S/C13H16BrN3O/c1-9(15)12-4-3-10(14)7-13(12)18-8-11-5-6-17(2)16-11/h3-7,9H,8,15H2,1-2H3. The van der Waals surface area contributed by atoms with Crippen molar-refractivity contribution in [3.8, 4) is 5.75 Å². The predicted molar refractivity (Wildman–Crippen MR) is 74.3 cm³/mol. The quantitative estimate of drug-likeness (QED) is 0.945. The minimum Gasteiger partial charge on any atom is -0.487 e. The first-order valence-corrected chi connectivity index (χ1v) is 6.52. The third kappa shape index (κ3) is 3.11. The summed E-state index contributed by atoms with van der Waals surface area (Å²) in [5.41, 5.74) is 7.81. The summed E-state index contributed by atoms with van der Waals surface area (Å²) in [5.74, 6) is 0.796. The van der Waals surface area contributed by atoms with Gasteiger partial charge >= 0.3 is 0 Å². The molecule has 0 aliphatic carbocycles. The Labute approximate surface area is 115 Å². The Bertz CT molecular complexity index is 537. The molecular weight excluding hydrogens is 294 g/mol. The second-order valence-corrected chi connectivity index (χ2v) is 5.16. The van der Waals surface area contributed by atoms with Crippen molar-refractivity contribution in [1.82, 2.24) is 9.78 Å². The van der Waals surface area contributed by atoms with Gasteiger partial charge in [-0.15, -0.1) is 0 Å². The van der Waals surface area contributed by atoms with E-state index in [-0.39, 0.29) is 6.04 Å². The van der Waals surface area contributed by atoms with Gasteiger partial charge in [-0.2, -0.15) is 5.10 Å². The zero-order chi connectivity index (χ0) is 13.1. The molecule has 1 aromatic carbocycles. The van der Waals surface area contributed by atoms with Crippen molar-refractivity contribution in [1.29, 1.82) is 0 Å². The van der Waals surface area contributed by atoms with Crippen LogP contribution in [0.15, 0.2) is 34.9 Å². The molecule has 2 N–H and O–H groups in total. The average molecular weight is 310 g/mol. The smallest absolute Gasteiger partial charge is 0.132 e. The van der Waals surface area contributed by atoms with Gasteiger partial charge < -0.3 is 10.5 Å². The van der Waals surface area contributed by atoms with Crippen LogP contribution < -0.4 is 10.5 Å². The zero-order valence-electron chi connectivity index (χ0n) is 10.4. The first-order valence-electron chi connectivity index (χ1n) is 5.72. The molecule has 1 atom stereocenters. The second kappa shape index (κ2) is 5.54. The minimum absolute atomic E-state index is 0.0585. The van der Waals surface area contributed by atoms with Gasteiger partial charge in [-0.25, -0.2) is 0 Å². The lowest BCUT2D eigenvalue weighted by molar-refractivity contribution is 0.295. The number of halogens is 1. The summed E-state index contributed by atoms with van der Waals surface area (Å²) in [6, 6.07) is 7.75. The van der Waals surface area contributed by atoms with Crippen LogP contribution in [0.3, 0.4) is 0 Å². The van der Waals surface area contributed by atoms with Crippen LogP contribution in [0, 0.1) is 0 Å². The van der Waals surface area contributed by atoms with Crippen LogP contribution in [0.5, 0.6) is 5.75 Å². The van der Waals surface area contributed by atoms with Crippen LogP contribution in [-0.4, -0.2) is 9.78 Å². The Hall–Kier alpha value is -1.33. The van der Waals surface area contributed by atoms with E-state index < -0.39 is 0 Å². The Morgan fingerprint density at radius 1 is 1.44 bits per heavy atom. The third-order valence-electron chi connectivity index (χ3n) is 2.61. The number of rotatable bonds is 4. The van der Waals surface area contributed by atoms with Crippen molar-refractivity contribution >= 4 is 15.9 Å². The summed E-state index contributed by atoms with van der Waals surface area (Å²) < 4.78 is 8.52. The van der Waals surface area contributed by atoms with Gasteiger partial charge in [-0.1, -0.05) is 22.0 Å². The Morgan fingerprint density at radius 2 is 2.22 bits per heavy atom. The third-order valence-corrected chi connectivity index (χ3v) is 3.10. The summed E-state index contributed by atoms with van der Waals surface area (Å²) in [5, 5.41) is 4.27. The van der Waals surface area contributed by atoms with E-state index in [1.54, 1.807) is 4.68 Å². The lowest BCUT2D eigenvalue weighted by Gasteiger charge is -2.13. The summed E-state index contributed by atoms with van der Waals surface area (Å²) in [6.45, 7) is 2.38. The van der Waals surface area contributed by atoms with Gasteiger partial charge in [0.2, 0.25) is 0 Å². The van der Waals surface area contributed by atoms with Gasteiger partial charge in [0, 0.05) is 29.3 Å². The number of nitrogens with two attached hydrogens (primary N) is 1. The summed E-state index contributed by atoms with van der Waals surface area (Å²) in [6.07, 6.45) is 1.89. The molecule has 0 bridgehead atoms. The lowest BCUT2D eigenvalue weighted by Crippen LogP contribution is -2.08. The monoisotopic (exact) mass is 309 g/mol. The van der Waals surface area contributed by atoms with E-state index in [0.717, 1.165) is 21.5 Å². The number of nitrogens with zero attached hydrogens (tertiary/aromatic N) is 2. The molecule has 1 heterocycles. The SMILES string of the molecule is CC(N)c1ccc(Br)cc1OCc1ccn(C)n1. The van der Waals surface area contributed by atoms with E-state index in [9.17, 15) is 0 Å². The van der Waals surface area contributed by atoms with Crippen molar-refractivity contribution in [2.75, 3.05) is 0 Å². The van der Waals surface area contributed by atoms with Crippen molar-refractivity contribution in [3.63, 3.8) is 0 Å². The molecule has 0 saturated heterocycles. The van der Waals surface area contributed by atoms with Crippen LogP contribution >= 0.6 is 15.9 Å². The fraction of sp³-hybridized carbons (Fsp3) is 0.308. The zero-order valence-corrected chi connectivity index (χ0v) is 12.0. The van der Waals surface area contributed by atoms with Crippen LogP contribution in [0.2, 0.25) is 0 Å². The molecule has 0 saturated carbocycles. The summed E-state index contributed by atoms with van der Waals surface area (Å²) in [4.78, 5) is 0. The van der Waals surface area contributed by atoms with E-state index in [2.05, 4.69) is 21.0 Å². The Kier molecular flexibility index (Phi) is 4.04. The molecule has 0 aliphatic heterocycles. The van der Waals surface area contributed by atoms with Crippen LogP contribution in [0.25, 0.3) is 0 Å². The van der Waals surface area contributed by atoms with E-state index >= 15 is 0 Å². The van der Waals surface area contributed by atoms with Crippen molar-refractivity contribution in [2.24, 2.45) is 12.8 Å². The van der Waals surface area contributed by atoms with Crippen LogP contribution in [-0.2, 0) is 13.7 Å². The topological polar surface area (TPSA) is 53.1 Å². The average Bonchev–Trinajstić information content (AvgIpc) is 2.72. The highest BCUT2D eigenvalue weighted by atomic mass is 79.9. The number of ether oxygens (including phenoxy) is 1. The Morgan fingerprint density at radius 3 is 2.83 bits per heavy atom. The van der Waals surface area contributed by atoms with Gasteiger partial charge in [-0.3, -0.25) is 4.68 Å². The number of aromatic nitrogens is 2. The number of aryl methyl sites for hydroxylation is 1. The number of benzene rings is 1. The highest BCUT2D eigenvalue weighted by Gasteiger charge is 2.09. The van der Waals surface area contributed by atoms with Crippen molar-refractivity contribution in [3.05, 3.63) is 46.2 Å². The Balaban J connectivity index is 2.15. The maximum Gasteiger partial charge on any atom is 0.132 e. The predicted octanol–water partition coefficient (Wildman–Crippen LogP) is 2.78. The lowest BCUT2D eigenvalue weighted by atomic mass is 10.1. The van der Waals surface area contributed by atoms with E-state index in [0.29, 0.717) is 6.61 Å². The first kappa shape index (κ1) is 13.1. The molecule has 0 radical (unpaired) electrons. The first-order chi connectivity index (χ1) is 8.56. The van der Waals surface area contributed by atoms with Gasteiger partial charge in [-0.05, 0) is 25.1 Å². The van der Waals surface area contributed by atoms with Crippen LogP contribution in [0.4, 0.5) is 0 Å². The minimum atomic E-state index is -0.0585. The molecule has 4 nitrogen and oxygen atoms in total. The van der Waals surface area contributed by atoms with E-state index in [1.807, 2.05) is 44.4 Å². The molecule has 0 fully saturated rings. The fourth-order valence-electron chi connectivity index (χ4n) is 1.70. The molecule has 96 valence electrons. The van der Waals surface area contributed by atoms with Gasteiger partial charge in [0.1, 0.15) is 12.4 Å². The molecule has 18 heavy (non-hydrogen) atoms. The van der Waals surface area contributed by atoms with Gasteiger partial charge in [0.05, 0.1) is 5.69 Å². The number of hydrogen-bond acceptors (Lipinski definition) is 3. The fourth-order valence-corrected chi connectivity index (χ4v) is 2.04. The summed E-state index contributed by atoms with van der Waals surface area (Å²) >= 11 is 3.44. The molecule has 1 unspecified atom stereocenters. The normalized spacial score (nSPS) is 12.4. The molecule has 0 aliphatic rings. The second-order valence-electron chi connectivity index (χ2n) is 4.24. The maximum absolute atomic E-state index is 5.92. The molecule has 2 aromatic rings. The largest absolute Gasteiger partial charge is 0.487 e. The molecule has 5 heteroatoms. The van der Waals surface area contributed by atoms with E-state index in [1.165, 1.54) is 0 Å². The van der Waals surface area contributed by atoms with Gasteiger partial charge in [0.25, 0.3) is 0 Å². The molecule has 1 aromatic heterocycles.